The lowest BCUT2D eigenvalue weighted by Gasteiger charge is -2.41. The molecule has 1 rings (SSSR count). The Hall–Kier alpha value is -0.160. The van der Waals surface area contributed by atoms with E-state index in [0.29, 0.717) is 19.3 Å². The van der Waals surface area contributed by atoms with Crippen LogP contribution in [0.1, 0.15) is 25.7 Å². The molecule has 4 heteroatoms. The van der Waals surface area contributed by atoms with Gasteiger partial charge in [-0.25, -0.2) is 0 Å². The maximum Gasteiger partial charge on any atom is 0.0530 e. The molecule has 0 saturated heterocycles. The SMILES string of the molecule is COCC(COC)C1(N)CCC(N)CC1. The Bertz CT molecular complexity index is 173. The summed E-state index contributed by atoms with van der Waals surface area (Å²) in [6.45, 7) is 1.33. The molecule has 0 amide bonds. The zero-order valence-electron chi connectivity index (χ0n) is 9.87. The molecule has 1 saturated carbocycles. The summed E-state index contributed by atoms with van der Waals surface area (Å²) in [5, 5.41) is 0. The standard InChI is InChI=1S/C11H24N2O2/c1-14-7-9(8-15-2)11(13)5-3-10(12)4-6-11/h9-10H,3-8,12-13H2,1-2H3. The lowest BCUT2D eigenvalue weighted by Crippen LogP contribution is -2.54. The number of methoxy groups -OCH3 is 2. The number of nitrogens with two attached hydrogens (primary N) is 2. The first-order chi connectivity index (χ1) is 7.12. The monoisotopic (exact) mass is 216 g/mol. The van der Waals surface area contributed by atoms with Crippen molar-refractivity contribution >= 4 is 0 Å². The Morgan fingerprint density at radius 2 is 1.67 bits per heavy atom. The van der Waals surface area contributed by atoms with Crippen LogP contribution in [0.3, 0.4) is 0 Å². The van der Waals surface area contributed by atoms with E-state index in [9.17, 15) is 0 Å². The van der Waals surface area contributed by atoms with E-state index >= 15 is 0 Å². The zero-order chi connectivity index (χ0) is 11.3. The molecule has 0 spiro atoms. The highest BCUT2D eigenvalue weighted by molar-refractivity contribution is 4.96. The topological polar surface area (TPSA) is 70.5 Å². The van der Waals surface area contributed by atoms with Gasteiger partial charge >= 0.3 is 0 Å². The van der Waals surface area contributed by atoms with E-state index in [2.05, 4.69) is 0 Å². The van der Waals surface area contributed by atoms with Crippen LogP contribution in [-0.4, -0.2) is 39.0 Å². The summed E-state index contributed by atoms with van der Waals surface area (Å²) in [5.74, 6) is 0.278. The molecule has 1 aliphatic carbocycles. The third-order valence-corrected chi connectivity index (χ3v) is 3.51. The molecule has 0 aliphatic heterocycles. The molecular formula is C11H24N2O2. The second-order valence-electron chi connectivity index (χ2n) is 4.68. The minimum atomic E-state index is -0.151. The first kappa shape index (κ1) is 12.9. The second kappa shape index (κ2) is 5.80. The van der Waals surface area contributed by atoms with Crippen molar-refractivity contribution in [3.8, 4) is 0 Å². The highest BCUT2D eigenvalue weighted by atomic mass is 16.5. The van der Waals surface area contributed by atoms with Crippen LogP contribution in [0.4, 0.5) is 0 Å². The zero-order valence-corrected chi connectivity index (χ0v) is 9.87. The van der Waals surface area contributed by atoms with Crippen LogP contribution in [0, 0.1) is 5.92 Å². The molecule has 0 aromatic carbocycles. The van der Waals surface area contributed by atoms with Gasteiger partial charge in [0.15, 0.2) is 0 Å². The summed E-state index contributed by atoms with van der Waals surface area (Å²) in [6.07, 6.45) is 3.98. The highest BCUT2D eigenvalue weighted by Crippen LogP contribution is 2.32. The summed E-state index contributed by atoms with van der Waals surface area (Å²) in [4.78, 5) is 0. The largest absolute Gasteiger partial charge is 0.384 e. The van der Waals surface area contributed by atoms with Crippen molar-refractivity contribution in [1.29, 1.82) is 0 Å². The number of rotatable bonds is 5. The van der Waals surface area contributed by atoms with Crippen molar-refractivity contribution in [1.82, 2.24) is 0 Å². The van der Waals surface area contributed by atoms with E-state index in [1.807, 2.05) is 0 Å². The molecule has 1 aliphatic rings. The van der Waals surface area contributed by atoms with Gasteiger partial charge in [-0.15, -0.1) is 0 Å². The lowest BCUT2D eigenvalue weighted by molar-refractivity contribution is 0.0267. The van der Waals surface area contributed by atoms with Crippen molar-refractivity contribution in [3.05, 3.63) is 0 Å². The molecule has 1 fully saturated rings. The van der Waals surface area contributed by atoms with Gasteiger partial charge in [0, 0.05) is 31.7 Å². The Kier molecular flexibility index (Phi) is 4.99. The summed E-state index contributed by atoms with van der Waals surface area (Å²) in [7, 11) is 3.42. The lowest BCUT2D eigenvalue weighted by atomic mass is 9.72. The van der Waals surface area contributed by atoms with Gasteiger partial charge in [-0.2, -0.15) is 0 Å². The van der Waals surface area contributed by atoms with Crippen molar-refractivity contribution in [2.75, 3.05) is 27.4 Å². The molecule has 0 radical (unpaired) electrons. The van der Waals surface area contributed by atoms with Crippen LogP contribution in [0.15, 0.2) is 0 Å². The minimum absolute atomic E-state index is 0.151. The summed E-state index contributed by atoms with van der Waals surface area (Å²) < 4.78 is 10.4. The average molecular weight is 216 g/mol. The van der Waals surface area contributed by atoms with E-state index in [-0.39, 0.29) is 11.5 Å². The molecule has 90 valence electrons. The first-order valence-corrected chi connectivity index (χ1v) is 5.64. The Balaban J connectivity index is 2.55. The van der Waals surface area contributed by atoms with Gasteiger partial charge in [-0.05, 0) is 25.7 Å². The van der Waals surface area contributed by atoms with Crippen LogP contribution >= 0.6 is 0 Å². The normalized spacial score (nSPS) is 32.2. The fraction of sp³-hybridized carbons (Fsp3) is 1.00. The van der Waals surface area contributed by atoms with E-state index in [1.165, 1.54) is 0 Å². The van der Waals surface area contributed by atoms with Crippen LogP contribution in [-0.2, 0) is 9.47 Å². The highest BCUT2D eigenvalue weighted by Gasteiger charge is 2.37. The third kappa shape index (κ3) is 3.41. The van der Waals surface area contributed by atoms with Crippen LogP contribution in [0.5, 0.6) is 0 Å². The second-order valence-corrected chi connectivity index (χ2v) is 4.68. The Morgan fingerprint density at radius 1 is 1.20 bits per heavy atom. The number of hydrogen-bond acceptors (Lipinski definition) is 4. The Labute approximate surface area is 92.3 Å². The van der Waals surface area contributed by atoms with E-state index in [1.54, 1.807) is 14.2 Å². The predicted molar refractivity (Wildman–Crippen MR) is 60.6 cm³/mol. The summed E-state index contributed by atoms with van der Waals surface area (Å²) in [6, 6.07) is 0.326. The molecule has 4 N–H and O–H groups in total. The smallest absolute Gasteiger partial charge is 0.0530 e. The fourth-order valence-corrected chi connectivity index (χ4v) is 2.37. The maximum atomic E-state index is 6.42. The van der Waals surface area contributed by atoms with Crippen LogP contribution < -0.4 is 11.5 Å². The van der Waals surface area contributed by atoms with Crippen molar-refractivity contribution in [2.24, 2.45) is 17.4 Å². The van der Waals surface area contributed by atoms with Gasteiger partial charge in [0.1, 0.15) is 0 Å². The quantitative estimate of drug-likeness (QED) is 0.702. The van der Waals surface area contributed by atoms with Crippen molar-refractivity contribution in [2.45, 2.75) is 37.3 Å². The summed E-state index contributed by atoms with van der Waals surface area (Å²) in [5.41, 5.74) is 12.2. The maximum absolute atomic E-state index is 6.42. The van der Waals surface area contributed by atoms with Gasteiger partial charge < -0.3 is 20.9 Å². The van der Waals surface area contributed by atoms with Gasteiger partial charge in [0.05, 0.1) is 13.2 Å². The molecule has 0 heterocycles. The summed E-state index contributed by atoms with van der Waals surface area (Å²) >= 11 is 0. The molecule has 0 unspecified atom stereocenters. The fourth-order valence-electron chi connectivity index (χ4n) is 2.37. The molecule has 0 atom stereocenters. The molecule has 15 heavy (non-hydrogen) atoms. The van der Waals surface area contributed by atoms with Crippen molar-refractivity contribution in [3.63, 3.8) is 0 Å². The van der Waals surface area contributed by atoms with Gasteiger partial charge in [-0.3, -0.25) is 0 Å². The molecular weight excluding hydrogens is 192 g/mol. The van der Waals surface area contributed by atoms with Gasteiger partial charge in [-0.1, -0.05) is 0 Å². The van der Waals surface area contributed by atoms with Gasteiger partial charge in [0.25, 0.3) is 0 Å². The molecule has 0 bridgehead atoms. The predicted octanol–water partition coefficient (Wildman–Crippen LogP) is 0.494. The number of ether oxygens (including phenoxy) is 2. The minimum Gasteiger partial charge on any atom is -0.384 e. The number of hydrogen-bond donors (Lipinski definition) is 2. The van der Waals surface area contributed by atoms with E-state index in [0.717, 1.165) is 25.7 Å². The molecule has 4 nitrogen and oxygen atoms in total. The Morgan fingerprint density at radius 3 is 2.07 bits per heavy atom. The van der Waals surface area contributed by atoms with Crippen LogP contribution in [0.25, 0.3) is 0 Å². The van der Waals surface area contributed by atoms with Crippen molar-refractivity contribution < 1.29 is 9.47 Å². The van der Waals surface area contributed by atoms with E-state index < -0.39 is 0 Å². The van der Waals surface area contributed by atoms with Gasteiger partial charge in [0.2, 0.25) is 0 Å². The average Bonchev–Trinajstić information content (AvgIpc) is 2.23. The van der Waals surface area contributed by atoms with Crippen LogP contribution in [0.2, 0.25) is 0 Å². The first-order valence-electron chi connectivity index (χ1n) is 5.64. The third-order valence-electron chi connectivity index (χ3n) is 3.51. The molecule has 0 aromatic rings. The van der Waals surface area contributed by atoms with E-state index in [4.69, 9.17) is 20.9 Å². The molecule has 0 aromatic heterocycles.